The minimum absolute atomic E-state index is 0.0154. The van der Waals surface area contributed by atoms with Crippen LogP contribution in [0.3, 0.4) is 0 Å². The molecule has 0 radical (unpaired) electrons. The molecule has 0 spiro atoms. The van der Waals surface area contributed by atoms with Gasteiger partial charge < -0.3 is 15.0 Å². The van der Waals surface area contributed by atoms with E-state index in [1.807, 2.05) is 25.7 Å². The Balaban J connectivity index is 1.49. The van der Waals surface area contributed by atoms with E-state index < -0.39 is 17.2 Å². The van der Waals surface area contributed by atoms with Crippen LogP contribution in [-0.4, -0.2) is 45.7 Å². The standard InChI is InChI=1S/C24H28FN5O4/c1-4-7-30-21-18(23(32)28-24(30)33)9-17(11-26-21)22(31)27-10-16-5-6-20(19(25)8-16)29-12-14(2)34-15(3)13-29/h5-6,8-9,11,14-15H,4,7,10,12-13H2,1-3H3,(H,27,31)(H,28,32,33). The zero-order valence-electron chi connectivity index (χ0n) is 19.4. The van der Waals surface area contributed by atoms with Gasteiger partial charge in [0.1, 0.15) is 11.5 Å². The van der Waals surface area contributed by atoms with E-state index in [0.717, 1.165) is 0 Å². The second-order valence-corrected chi connectivity index (χ2v) is 8.64. The summed E-state index contributed by atoms with van der Waals surface area (Å²) in [4.78, 5) is 45.4. The molecule has 2 N–H and O–H groups in total. The first-order chi connectivity index (χ1) is 16.3. The van der Waals surface area contributed by atoms with E-state index >= 15 is 0 Å². The van der Waals surface area contributed by atoms with Crippen molar-refractivity contribution in [1.29, 1.82) is 0 Å². The van der Waals surface area contributed by atoms with Crippen molar-refractivity contribution in [1.82, 2.24) is 19.9 Å². The molecule has 180 valence electrons. The Morgan fingerprint density at radius 2 is 1.97 bits per heavy atom. The number of carbonyl (C=O) groups is 1. The predicted molar refractivity (Wildman–Crippen MR) is 127 cm³/mol. The molecule has 1 aliphatic heterocycles. The molecule has 2 aromatic heterocycles. The number of aromatic nitrogens is 3. The number of morpholine rings is 1. The third-order valence-corrected chi connectivity index (χ3v) is 5.77. The van der Waals surface area contributed by atoms with Crippen molar-refractivity contribution < 1.29 is 13.9 Å². The first-order valence-electron chi connectivity index (χ1n) is 11.4. The van der Waals surface area contributed by atoms with E-state index in [4.69, 9.17) is 4.74 Å². The van der Waals surface area contributed by atoms with Crippen LogP contribution in [0.25, 0.3) is 11.0 Å². The molecular formula is C24H28FN5O4. The van der Waals surface area contributed by atoms with Crippen LogP contribution in [0.15, 0.2) is 40.1 Å². The van der Waals surface area contributed by atoms with E-state index in [9.17, 15) is 18.8 Å². The van der Waals surface area contributed by atoms with Crippen molar-refractivity contribution in [2.45, 2.75) is 52.5 Å². The molecule has 1 saturated heterocycles. The highest BCUT2D eigenvalue weighted by Gasteiger charge is 2.24. The Labute approximate surface area is 195 Å². The number of fused-ring (bicyclic) bond motifs is 1. The first kappa shape index (κ1) is 23.6. The van der Waals surface area contributed by atoms with E-state index in [2.05, 4.69) is 15.3 Å². The Hall–Kier alpha value is -3.53. The van der Waals surface area contributed by atoms with Gasteiger partial charge in [0.15, 0.2) is 0 Å². The molecule has 10 heteroatoms. The number of nitrogens with one attached hydrogen (secondary N) is 2. The lowest BCUT2D eigenvalue weighted by Gasteiger charge is -2.37. The largest absolute Gasteiger partial charge is 0.372 e. The third kappa shape index (κ3) is 4.86. The zero-order chi connectivity index (χ0) is 24.4. The molecule has 0 aliphatic carbocycles. The van der Waals surface area contributed by atoms with E-state index in [1.165, 1.54) is 22.9 Å². The van der Waals surface area contributed by atoms with Crippen molar-refractivity contribution >= 4 is 22.6 Å². The zero-order valence-corrected chi connectivity index (χ0v) is 19.4. The van der Waals surface area contributed by atoms with E-state index in [0.29, 0.717) is 37.3 Å². The predicted octanol–water partition coefficient (Wildman–Crippen LogP) is 2.18. The van der Waals surface area contributed by atoms with Gasteiger partial charge in [0, 0.05) is 32.4 Å². The molecule has 2 atom stereocenters. The van der Waals surface area contributed by atoms with Crippen LogP contribution in [0.5, 0.6) is 0 Å². The van der Waals surface area contributed by atoms with Gasteiger partial charge in [0.05, 0.1) is 28.8 Å². The number of aryl methyl sites for hydroxylation is 1. The number of anilines is 1. The molecule has 4 rings (SSSR count). The number of benzene rings is 1. The molecule has 9 nitrogen and oxygen atoms in total. The monoisotopic (exact) mass is 469 g/mol. The Morgan fingerprint density at radius 3 is 2.65 bits per heavy atom. The Kier molecular flexibility index (Phi) is 6.78. The van der Waals surface area contributed by atoms with Gasteiger partial charge >= 0.3 is 5.69 Å². The summed E-state index contributed by atoms with van der Waals surface area (Å²) in [6, 6.07) is 6.31. The fourth-order valence-corrected chi connectivity index (χ4v) is 4.30. The summed E-state index contributed by atoms with van der Waals surface area (Å²) in [5.74, 6) is -0.816. The van der Waals surface area contributed by atoms with Crippen LogP contribution in [0.4, 0.5) is 10.1 Å². The maximum Gasteiger partial charge on any atom is 0.329 e. The van der Waals surface area contributed by atoms with Crippen molar-refractivity contribution in [2.75, 3.05) is 18.0 Å². The Morgan fingerprint density at radius 1 is 1.24 bits per heavy atom. The van der Waals surface area contributed by atoms with Crippen LogP contribution < -0.4 is 21.5 Å². The number of hydrogen-bond donors (Lipinski definition) is 2. The molecule has 1 fully saturated rings. The molecule has 2 unspecified atom stereocenters. The second kappa shape index (κ2) is 9.76. The normalized spacial score (nSPS) is 18.3. The molecule has 1 aromatic carbocycles. The molecule has 0 bridgehead atoms. The fourth-order valence-electron chi connectivity index (χ4n) is 4.30. The van der Waals surface area contributed by atoms with Gasteiger partial charge in [0.2, 0.25) is 0 Å². The molecule has 0 saturated carbocycles. The third-order valence-electron chi connectivity index (χ3n) is 5.77. The SMILES string of the molecule is CCCn1c(=O)[nH]c(=O)c2cc(C(=O)NCc3ccc(N4CC(C)OC(C)C4)c(F)c3)cnc21. The molecule has 3 heterocycles. The summed E-state index contributed by atoms with van der Waals surface area (Å²) in [7, 11) is 0. The smallest absolute Gasteiger partial charge is 0.329 e. The number of amides is 1. The first-order valence-corrected chi connectivity index (χ1v) is 11.4. The number of carbonyl (C=O) groups excluding carboxylic acids is 1. The van der Waals surface area contributed by atoms with Gasteiger partial charge in [-0.1, -0.05) is 13.0 Å². The highest BCUT2D eigenvalue weighted by molar-refractivity contribution is 5.96. The second-order valence-electron chi connectivity index (χ2n) is 8.64. The lowest BCUT2D eigenvalue weighted by molar-refractivity contribution is -0.00539. The van der Waals surface area contributed by atoms with Gasteiger partial charge in [-0.2, -0.15) is 0 Å². The Bertz CT molecular complexity index is 1330. The van der Waals surface area contributed by atoms with Crippen LogP contribution in [0, 0.1) is 5.82 Å². The van der Waals surface area contributed by atoms with Gasteiger partial charge in [-0.15, -0.1) is 0 Å². The number of rotatable bonds is 6. The van der Waals surface area contributed by atoms with Crippen molar-refractivity contribution in [3.8, 4) is 0 Å². The molecule has 3 aromatic rings. The molecule has 34 heavy (non-hydrogen) atoms. The highest BCUT2D eigenvalue weighted by Crippen LogP contribution is 2.24. The van der Waals surface area contributed by atoms with Crippen molar-refractivity contribution in [2.24, 2.45) is 0 Å². The number of ether oxygens (including phenoxy) is 1. The number of pyridine rings is 1. The number of hydrogen-bond acceptors (Lipinski definition) is 6. The van der Waals surface area contributed by atoms with Crippen molar-refractivity contribution in [3.63, 3.8) is 0 Å². The number of nitrogens with zero attached hydrogens (tertiary/aromatic N) is 3. The molecular weight excluding hydrogens is 441 g/mol. The van der Waals surface area contributed by atoms with Crippen molar-refractivity contribution in [3.05, 3.63) is 68.2 Å². The van der Waals surface area contributed by atoms with Gasteiger partial charge in [-0.05, 0) is 44.0 Å². The van der Waals surface area contributed by atoms with Crippen LogP contribution in [0.1, 0.15) is 43.1 Å². The minimum atomic E-state index is -0.598. The summed E-state index contributed by atoms with van der Waals surface area (Å²) in [5.41, 5.74) is 0.388. The lowest BCUT2D eigenvalue weighted by atomic mass is 10.1. The van der Waals surface area contributed by atoms with E-state index in [1.54, 1.807) is 12.1 Å². The minimum Gasteiger partial charge on any atom is -0.372 e. The molecule has 1 amide bonds. The number of H-pyrrole nitrogens is 1. The topological polar surface area (TPSA) is 109 Å². The number of halogens is 1. The lowest BCUT2D eigenvalue weighted by Crippen LogP contribution is -2.45. The van der Waals surface area contributed by atoms with Crippen LogP contribution >= 0.6 is 0 Å². The summed E-state index contributed by atoms with van der Waals surface area (Å²) < 4.78 is 21.9. The summed E-state index contributed by atoms with van der Waals surface area (Å²) in [5, 5.41) is 2.89. The summed E-state index contributed by atoms with van der Waals surface area (Å²) in [6.45, 7) is 7.55. The quantitative estimate of drug-likeness (QED) is 0.573. The average molecular weight is 470 g/mol. The average Bonchev–Trinajstić information content (AvgIpc) is 2.79. The maximum absolute atomic E-state index is 14.8. The van der Waals surface area contributed by atoms with Gasteiger partial charge in [-0.3, -0.25) is 19.1 Å². The summed E-state index contributed by atoms with van der Waals surface area (Å²) >= 11 is 0. The molecule has 1 aliphatic rings. The van der Waals surface area contributed by atoms with Crippen LogP contribution in [-0.2, 0) is 17.8 Å². The van der Waals surface area contributed by atoms with Crippen LogP contribution in [0.2, 0.25) is 0 Å². The highest BCUT2D eigenvalue weighted by atomic mass is 19.1. The fraction of sp³-hybridized carbons (Fsp3) is 0.417. The summed E-state index contributed by atoms with van der Waals surface area (Å²) in [6.07, 6.45) is 2.04. The van der Waals surface area contributed by atoms with E-state index in [-0.39, 0.29) is 41.2 Å². The van der Waals surface area contributed by atoms with Gasteiger partial charge in [0.25, 0.3) is 11.5 Å². The van der Waals surface area contributed by atoms with Gasteiger partial charge in [-0.25, -0.2) is 14.2 Å². The number of aromatic amines is 1. The maximum atomic E-state index is 14.8.